The van der Waals surface area contributed by atoms with Crippen LogP contribution in [0.3, 0.4) is 0 Å². The van der Waals surface area contributed by atoms with E-state index in [1.807, 2.05) is 35.7 Å². The summed E-state index contributed by atoms with van der Waals surface area (Å²) in [5.74, 6) is 1.71. The lowest BCUT2D eigenvalue weighted by Gasteiger charge is -2.05. The summed E-state index contributed by atoms with van der Waals surface area (Å²) in [6.07, 6.45) is 1.68. The molecule has 0 fully saturated rings. The number of halogens is 1. The van der Waals surface area contributed by atoms with Crippen LogP contribution < -0.4 is 5.56 Å². The van der Waals surface area contributed by atoms with Gasteiger partial charge in [-0.3, -0.25) is 9.36 Å². The fourth-order valence-electron chi connectivity index (χ4n) is 2.38. The molecule has 0 saturated carbocycles. The molecule has 0 saturated heterocycles. The van der Waals surface area contributed by atoms with Crippen LogP contribution in [-0.2, 0) is 12.8 Å². The maximum atomic E-state index is 12.3. The van der Waals surface area contributed by atoms with E-state index in [0.29, 0.717) is 32.3 Å². The van der Waals surface area contributed by atoms with Crippen LogP contribution in [0.5, 0.6) is 0 Å². The summed E-state index contributed by atoms with van der Waals surface area (Å²) in [6.45, 7) is 0. The molecule has 0 radical (unpaired) electrons. The molecule has 25 heavy (non-hydrogen) atoms. The first-order chi connectivity index (χ1) is 12.1. The van der Waals surface area contributed by atoms with E-state index < -0.39 is 0 Å². The number of fused-ring (bicyclic) bond motifs is 1. The summed E-state index contributed by atoms with van der Waals surface area (Å²) in [7, 11) is 1.73. The van der Waals surface area contributed by atoms with Crippen LogP contribution >= 0.6 is 34.7 Å². The Hall–Kier alpha value is -2.09. The van der Waals surface area contributed by atoms with Gasteiger partial charge in [0.15, 0.2) is 10.9 Å². The Labute approximate surface area is 156 Å². The normalized spacial score (nSPS) is 11.3. The molecule has 3 aromatic heterocycles. The van der Waals surface area contributed by atoms with Gasteiger partial charge in [-0.1, -0.05) is 35.5 Å². The van der Waals surface area contributed by atoms with Gasteiger partial charge in [0.1, 0.15) is 4.70 Å². The van der Waals surface area contributed by atoms with E-state index >= 15 is 0 Å². The van der Waals surface area contributed by atoms with E-state index in [0.717, 1.165) is 11.1 Å². The van der Waals surface area contributed by atoms with Crippen LogP contribution in [0.15, 0.2) is 56.3 Å². The van der Waals surface area contributed by atoms with E-state index in [2.05, 4.69) is 9.97 Å². The van der Waals surface area contributed by atoms with Gasteiger partial charge in [0.25, 0.3) is 5.56 Å². The van der Waals surface area contributed by atoms with Gasteiger partial charge in [0.2, 0.25) is 5.89 Å². The minimum Gasteiger partial charge on any atom is -0.440 e. The average molecular weight is 390 g/mol. The first kappa shape index (κ1) is 16.4. The van der Waals surface area contributed by atoms with Crippen LogP contribution in [-0.4, -0.2) is 14.5 Å². The van der Waals surface area contributed by atoms with E-state index in [4.69, 9.17) is 16.0 Å². The third-order valence-corrected chi connectivity index (χ3v) is 5.78. The van der Waals surface area contributed by atoms with Crippen molar-refractivity contribution in [2.24, 2.45) is 7.05 Å². The van der Waals surface area contributed by atoms with E-state index in [1.54, 1.807) is 17.8 Å². The monoisotopic (exact) mass is 389 g/mol. The predicted molar refractivity (Wildman–Crippen MR) is 101 cm³/mol. The Bertz CT molecular complexity index is 1120. The third kappa shape index (κ3) is 3.22. The van der Waals surface area contributed by atoms with Crippen molar-refractivity contribution in [1.29, 1.82) is 0 Å². The number of nitrogens with zero attached hydrogens (tertiary/aromatic N) is 3. The highest BCUT2D eigenvalue weighted by molar-refractivity contribution is 7.98. The van der Waals surface area contributed by atoms with Crippen molar-refractivity contribution in [1.82, 2.24) is 14.5 Å². The molecule has 0 aliphatic carbocycles. The van der Waals surface area contributed by atoms with E-state index in [-0.39, 0.29) is 5.56 Å². The highest BCUT2D eigenvalue weighted by atomic mass is 35.5. The zero-order chi connectivity index (χ0) is 17.4. The summed E-state index contributed by atoms with van der Waals surface area (Å²) in [4.78, 5) is 21.1. The zero-order valence-corrected chi connectivity index (χ0v) is 15.5. The second-order valence-corrected chi connectivity index (χ2v) is 7.61. The molecule has 4 rings (SSSR count). The Morgan fingerprint density at radius 1 is 1.36 bits per heavy atom. The second kappa shape index (κ2) is 6.67. The van der Waals surface area contributed by atoms with Crippen molar-refractivity contribution in [2.45, 2.75) is 10.9 Å². The number of thioether (sulfide) groups is 1. The average Bonchev–Trinajstić information content (AvgIpc) is 3.26. The number of hydrogen-bond donors (Lipinski definition) is 0. The minimum absolute atomic E-state index is 0.0329. The molecule has 0 bridgehead atoms. The van der Waals surface area contributed by atoms with Crippen molar-refractivity contribution in [3.05, 3.63) is 63.2 Å². The predicted octanol–water partition coefficient (Wildman–Crippen LogP) is 4.60. The lowest BCUT2D eigenvalue weighted by atomic mass is 10.2. The molecule has 0 amide bonds. The first-order valence-electron chi connectivity index (χ1n) is 7.39. The van der Waals surface area contributed by atoms with Crippen LogP contribution in [0.2, 0.25) is 5.02 Å². The van der Waals surface area contributed by atoms with E-state index in [1.165, 1.54) is 23.1 Å². The summed E-state index contributed by atoms with van der Waals surface area (Å²) in [5.41, 5.74) is 1.57. The Morgan fingerprint density at radius 2 is 2.24 bits per heavy atom. The Morgan fingerprint density at radius 3 is 3.08 bits per heavy atom. The molecule has 0 unspecified atom stereocenters. The molecule has 0 spiro atoms. The van der Waals surface area contributed by atoms with Gasteiger partial charge in [-0.25, -0.2) is 9.97 Å². The third-order valence-electron chi connectivity index (χ3n) is 3.63. The number of thiophene rings is 1. The summed E-state index contributed by atoms with van der Waals surface area (Å²) in [5, 5.41) is 3.16. The molecule has 0 aliphatic rings. The lowest BCUT2D eigenvalue weighted by Crippen LogP contribution is -2.18. The van der Waals surface area contributed by atoms with Crippen molar-refractivity contribution >= 4 is 44.9 Å². The highest BCUT2D eigenvalue weighted by Gasteiger charge is 2.12. The molecule has 0 N–H and O–H groups in total. The Balaban J connectivity index is 1.56. The quantitative estimate of drug-likeness (QED) is 0.377. The molecular formula is C17H12ClN3O2S2. The molecule has 0 aliphatic heterocycles. The fourth-order valence-corrected chi connectivity index (χ4v) is 4.20. The van der Waals surface area contributed by atoms with Crippen molar-refractivity contribution in [3.63, 3.8) is 0 Å². The number of oxazole rings is 1. The minimum atomic E-state index is -0.0329. The summed E-state index contributed by atoms with van der Waals surface area (Å²) < 4.78 is 8.02. The van der Waals surface area contributed by atoms with Gasteiger partial charge in [-0.2, -0.15) is 0 Å². The molecule has 1 aromatic carbocycles. The van der Waals surface area contributed by atoms with Gasteiger partial charge in [-0.15, -0.1) is 11.3 Å². The molecule has 126 valence electrons. The second-order valence-electron chi connectivity index (χ2n) is 5.31. The van der Waals surface area contributed by atoms with Gasteiger partial charge >= 0.3 is 0 Å². The van der Waals surface area contributed by atoms with Crippen LogP contribution in [0, 0.1) is 0 Å². The van der Waals surface area contributed by atoms with Gasteiger partial charge in [-0.05, 0) is 23.6 Å². The summed E-state index contributed by atoms with van der Waals surface area (Å²) in [6, 6.07) is 9.27. The van der Waals surface area contributed by atoms with E-state index in [9.17, 15) is 4.79 Å². The van der Waals surface area contributed by atoms with Crippen LogP contribution in [0.25, 0.3) is 21.5 Å². The van der Waals surface area contributed by atoms with Gasteiger partial charge < -0.3 is 4.42 Å². The zero-order valence-electron chi connectivity index (χ0n) is 13.1. The van der Waals surface area contributed by atoms with Crippen molar-refractivity contribution < 1.29 is 4.42 Å². The molecule has 8 heteroatoms. The van der Waals surface area contributed by atoms with Crippen molar-refractivity contribution in [3.8, 4) is 11.3 Å². The van der Waals surface area contributed by atoms with Gasteiger partial charge in [0, 0.05) is 17.6 Å². The first-order valence-corrected chi connectivity index (χ1v) is 9.64. The molecule has 5 nitrogen and oxygen atoms in total. The van der Waals surface area contributed by atoms with Gasteiger partial charge in [0.05, 0.1) is 17.5 Å². The lowest BCUT2D eigenvalue weighted by molar-refractivity contribution is 0.529. The molecule has 3 heterocycles. The SMILES string of the molecule is Cn1c(SCc2ncc(-c3cccc(Cl)c3)o2)nc2ccsc2c1=O. The van der Waals surface area contributed by atoms with Crippen LogP contribution in [0.1, 0.15) is 5.89 Å². The molecular weight excluding hydrogens is 378 g/mol. The number of rotatable bonds is 4. The van der Waals surface area contributed by atoms with Crippen molar-refractivity contribution in [2.75, 3.05) is 0 Å². The molecule has 4 aromatic rings. The molecule has 0 atom stereocenters. The largest absolute Gasteiger partial charge is 0.440 e. The number of hydrogen-bond acceptors (Lipinski definition) is 6. The standard InChI is InChI=1S/C17H12ClN3O2S2/c1-21-16(22)15-12(5-6-24-15)20-17(21)25-9-14-19-8-13(23-14)10-3-2-4-11(18)7-10/h2-8H,9H2,1H3. The fraction of sp³-hybridized carbons (Fsp3) is 0.118. The smallest absolute Gasteiger partial charge is 0.271 e. The topological polar surface area (TPSA) is 60.9 Å². The maximum absolute atomic E-state index is 12.3. The maximum Gasteiger partial charge on any atom is 0.271 e. The number of aromatic nitrogens is 3. The Kier molecular flexibility index (Phi) is 4.37. The number of benzene rings is 1. The highest BCUT2D eigenvalue weighted by Crippen LogP contribution is 2.27. The summed E-state index contributed by atoms with van der Waals surface area (Å²) >= 11 is 8.83. The van der Waals surface area contributed by atoms with Crippen LogP contribution in [0.4, 0.5) is 0 Å².